The molecule has 1 N–H and O–H groups in total. The highest BCUT2D eigenvalue weighted by molar-refractivity contribution is 6.32. The minimum Gasteiger partial charge on any atom is -0.490 e. The number of halogens is 1. The summed E-state index contributed by atoms with van der Waals surface area (Å²) in [7, 11) is 0. The van der Waals surface area contributed by atoms with E-state index in [2.05, 4.69) is 73.8 Å². The van der Waals surface area contributed by atoms with Crippen LogP contribution >= 0.6 is 11.6 Å². The van der Waals surface area contributed by atoms with E-state index in [0.717, 1.165) is 24.0 Å². The average molecular weight is 438 g/mol. The number of rotatable bonds is 11. The molecule has 0 heterocycles. The quantitative estimate of drug-likeness (QED) is 0.342. The van der Waals surface area contributed by atoms with Gasteiger partial charge in [0.1, 0.15) is 6.61 Å². The molecule has 1 unspecified atom stereocenters. The lowest BCUT2D eigenvalue weighted by Crippen LogP contribution is -2.21. The van der Waals surface area contributed by atoms with Crippen LogP contribution in [0, 0.1) is 6.92 Å². The molecule has 0 aliphatic carbocycles. The zero-order valence-electron chi connectivity index (χ0n) is 18.7. The molecule has 0 spiro atoms. The fraction of sp³-hybridized carbons (Fsp3) is 0.333. The number of hydrogen-bond acceptors (Lipinski definition) is 3. The molecule has 0 aliphatic heterocycles. The van der Waals surface area contributed by atoms with Crippen molar-refractivity contribution in [2.45, 2.75) is 52.8 Å². The standard InChI is InChI=1S/C27H32ClNO2/c1-4-9-25(23-10-7-6-8-11-23)29-18-22-16-24(28)27(26(17-22)30-5-2)31-19-21-14-12-20(3)13-15-21/h6-8,10-17,25,29H,4-5,9,18-19H2,1-3H3. The van der Waals surface area contributed by atoms with Crippen molar-refractivity contribution in [3.8, 4) is 11.5 Å². The van der Waals surface area contributed by atoms with Crippen molar-refractivity contribution in [3.05, 3.63) is 94.0 Å². The normalized spacial score (nSPS) is 11.9. The zero-order valence-corrected chi connectivity index (χ0v) is 19.4. The van der Waals surface area contributed by atoms with E-state index in [9.17, 15) is 0 Å². The second-order valence-corrected chi connectivity index (χ2v) is 8.15. The molecular formula is C27H32ClNO2. The van der Waals surface area contributed by atoms with E-state index < -0.39 is 0 Å². The molecule has 3 nitrogen and oxygen atoms in total. The van der Waals surface area contributed by atoms with E-state index in [4.69, 9.17) is 21.1 Å². The second-order valence-electron chi connectivity index (χ2n) is 7.75. The average Bonchev–Trinajstić information content (AvgIpc) is 2.78. The third kappa shape index (κ3) is 6.75. The summed E-state index contributed by atoms with van der Waals surface area (Å²) < 4.78 is 11.9. The van der Waals surface area contributed by atoms with Crippen molar-refractivity contribution in [2.24, 2.45) is 0 Å². The van der Waals surface area contributed by atoms with Crippen molar-refractivity contribution in [1.82, 2.24) is 5.32 Å². The first-order valence-electron chi connectivity index (χ1n) is 11.0. The predicted molar refractivity (Wildman–Crippen MR) is 129 cm³/mol. The fourth-order valence-corrected chi connectivity index (χ4v) is 3.86. The van der Waals surface area contributed by atoms with Crippen LogP contribution in [-0.4, -0.2) is 6.61 Å². The number of nitrogens with one attached hydrogen (secondary N) is 1. The Morgan fingerprint density at radius 1 is 0.903 bits per heavy atom. The van der Waals surface area contributed by atoms with Crippen LogP contribution in [-0.2, 0) is 13.2 Å². The molecule has 0 amide bonds. The lowest BCUT2D eigenvalue weighted by atomic mass is 10.0. The zero-order chi connectivity index (χ0) is 22.1. The molecule has 3 aromatic carbocycles. The minimum absolute atomic E-state index is 0.304. The monoisotopic (exact) mass is 437 g/mol. The summed E-state index contributed by atoms with van der Waals surface area (Å²) in [4.78, 5) is 0. The summed E-state index contributed by atoms with van der Waals surface area (Å²) in [6.45, 7) is 7.96. The second kappa shape index (κ2) is 11.8. The molecule has 0 saturated heterocycles. The molecule has 3 aromatic rings. The highest BCUT2D eigenvalue weighted by atomic mass is 35.5. The van der Waals surface area contributed by atoms with Crippen LogP contribution in [0.15, 0.2) is 66.7 Å². The summed E-state index contributed by atoms with van der Waals surface area (Å²) in [6.07, 6.45) is 2.19. The van der Waals surface area contributed by atoms with E-state index in [-0.39, 0.29) is 0 Å². The first-order chi connectivity index (χ1) is 15.1. The fourth-order valence-electron chi connectivity index (χ4n) is 3.57. The van der Waals surface area contributed by atoms with Crippen molar-refractivity contribution in [3.63, 3.8) is 0 Å². The third-order valence-electron chi connectivity index (χ3n) is 5.20. The van der Waals surface area contributed by atoms with Gasteiger partial charge in [0.2, 0.25) is 0 Å². The van der Waals surface area contributed by atoms with Gasteiger partial charge in [-0.05, 0) is 49.1 Å². The highest BCUT2D eigenvalue weighted by Gasteiger charge is 2.15. The Labute approximate surface area is 191 Å². The summed E-state index contributed by atoms with van der Waals surface area (Å²) in [6, 6.07) is 23.2. The SMILES string of the molecule is CCCC(NCc1cc(Cl)c(OCc2ccc(C)cc2)c(OCC)c1)c1ccccc1. The van der Waals surface area contributed by atoms with Crippen LogP contribution < -0.4 is 14.8 Å². The molecule has 164 valence electrons. The van der Waals surface area contributed by atoms with E-state index in [1.807, 2.05) is 19.1 Å². The van der Waals surface area contributed by atoms with Gasteiger partial charge < -0.3 is 14.8 Å². The molecule has 31 heavy (non-hydrogen) atoms. The first kappa shape index (κ1) is 23.2. The Kier molecular flexibility index (Phi) is 8.81. The van der Waals surface area contributed by atoms with E-state index in [1.54, 1.807) is 0 Å². The largest absolute Gasteiger partial charge is 0.490 e. The van der Waals surface area contributed by atoms with Gasteiger partial charge in [-0.2, -0.15) is 0 Å². The topological polar surface area (TPSA) is 30.5 Å². The van der Waals surface area contributed by atoms with Crippen molar-refractivity contribution < 1.29 is 9.47 Å². The van der Waals surface area contributed by atoms with Crippen LogP contribution in [0.1, 0.15) is 55.0 Å². The Morgan fingerprint density at radius 3 is 2.32 bits per heavy atom. The number of benzene rings is 3. The molecule has 0 fully saturated rings. The molecule has 1 atom stereocenters. The van der Waals surface area contributed by atoms with Gasteiger partial charge in [0.25, 0.3) is 0 Å². The molecule has 0 radical (unpaired) electrons. The number of aryl methyl sites for hydroxylation is 1. The lowest BCUT2D eigenvalue weighted by molar-refractivity contribution is 0.269. The Hall–Kier alpha value is -2.49. The molecule has 3 rings (SSSR count). The van der Waals surface area contributed by atoms with Gasteiger partial charge in [0.15, 0.2) is 11.5 Å². The van der Waals surface area contributed by atoms with Gasteiger partial charge in [-0.1, -0.05) is 85.1 Å². The van der Waals surface area contributed by atoms with Crippen LogP contribution in [0.5, 0.6) is 11.5 Å². The van der Waals surface area contributed by atoms with Crippen molar-refractivity contribution in [2.75, 3.05) is 6.61 Å². The van der Waals surface area contributed by atoms with Crippen LogP contribution in [0.2, 0.25) is 5.02 Å². The molecule has 4 heteroatoms. The maximum atomic E-state index is 6.62. The predicted octanol–water partition coefficient (Wildman–Crippen LogP) is 7.26. The Morgan fingerprint density at radius 2 is 1.65 bits per heavy atom. The maximum Gasteiger partial charge on any atom is 0.180 e. The first-order valence-corrected chi connectivity index (χ1v) is 11.4. The van der Waals surface area contributed by atoms with E-state index in [1.165, 1.54) is 11.1 Å². The molecule has 0 bridgehead atoms. The molecule has 0 saturated carbocycles. The summed E-state index contributed by atoms with van der Waals surface area (Å²) in [5, 5.41) is 4.25. The third-order valence-corrected chi connectivity index (χ3v) is 5.49. The summed E-state index contributed by atoms with van der Waals surface area (Å²) in [5.74, 6) is 1.28. The molecule has 0 aromatic heterocycles. The van der Waals surface area contributed by atoms with Gasteiger partial charge in [0, 0.05) is 12.6 Å². The van der Waals surface area contributed by atoms with Gasteiger partial charge in [-0.3, -0.25) is 0 Å². The smallest absolute Gasteiger partial charge is 0.180 e. The lowest BCUT2D eigenvalue weighted by Gasteiger charge is -2.20. The minimum atomic E-state index is 0.304. The van der Waals surface area contributed by atoms with Gasteiger partial charge in [-0.15, -0.1) is 0 Å². The molecular weight excluding hydrogens is 406 g/mol. The summed E-state index contributed by atoms with van der Waals surface area (Å²) >= 11 is 6.62. The highest BCUT2D eigenvalue weighted by Crippen LogP contribution is 2.37. The Balaban J connectivity index is 1.73. The maximum absolute atomic E-state index is 6.62. The summed E-state index contributed by atoms with van der Waals surface area (Å²) in [5.41, 5.74) is 4.71. The van der Waals surface area contributed by atoms with E-state index >= 15 is 0 Å². The number of ether oxygens (including phenoxy) is 2. The number of hydrogen-bond donors (Lipinski definition) is 1. The van der Waals surface area contributed by atoms with Gasteiger partial charge in [0.05, 0.1) is 11.6 Å². The van der Waals surface area contributed by atoms with Crippen molar-refractivity contribution in [1.29, 1.82) is 0 Å². The van der Waals surface area contributed by atoms with Crippen LogP contribution in [0.25, 0.3) is 0 Å². The van der Waals surface area contributed by atoms with Crippen LogP contribution in [0.4, 0.5) is 0 Å². The van der Waals surface area contributed by atoms with Crippen molar-refractivity contribution >= 4 is 11.6 Å². The van der Waals surface area contributed by atoms with E-state index in [0.29, 0.717) is 42.3 Å². The van der Waals surface area contributed by atoms with Gasteiger partial charge in [-0.25, -0.2) is 0 Å². The van der Waals surface area contributed by atoms with Crippen LogP contribution in [0.3, 0.4) is 0 Å². The van der Waals surface area contributed by atoms with Gasteiger partial charge >= 0.3 is 0 Å². The molecule has 0 aliphatic rings. The Bertz CT molecular complexity index is 941.